The van der Waals surface area contributed by atoms with Gasteiger partial charge in [-0.25, -0.2) is 9.79 Å². The smallest absolute Gasteiger partial charge is 0.363 e. The lowest BCUT2D eigenvalue weighted by Crippen LogP contribution is -2.01. The van der Waals surface area contributed by atoms with Crippen molar-refractivity contribution >= 4 is 24.0 Å². The van der Waals surface area contributed by atoms with E-state index in [0.29, 0.717) is 11.6 Å². The van der Waals surface area contributed by atoms with Gasteiger partial charge >= 0.3 is 5.97 Å². The third-order valence-corrected chi connectivity index (χ3v) is 2.96. The normalized spacial score (nSPS) is 16.3. The molecule has 3 heteroatoms. The van der Waals surface area contributed by atoms with Crippen molar-refractivity contribution in [3.63, 3.8) is 0 Å². The average molecular weight is 275 g/mol. The molecule has 0 saturated heterocycles. The summed E-state index contributed by atoms with van der Waals surface area (Å²) in [5.41, 5.74) is 2.26. The van der Waals surface area contributed by atoms with Crippen LogP contribution in [0.2, 0.25) is 0 Å². The van der Waals surface area contributed by atoms with Crippen molar-refractivity contribution in [3.05, 3.63) is 83.6 Å². The minimum atomic E-state index is -0.424. The van der Waals surface area contributed by atoms with Gasteiger partial charge in [0.05, 0.1) is 0 Å². The van der Waals surface area contributed by atoms with Crippen LogP contribution in [-0.4, -0.2) is 11.9 Å². The Labute approximate surface area is 122 Å². The highest BCUT2D eigenvalue weighted by Gasteiger charge is 2.20. The summed E-state index contributed by atoms with van der Waals surface area (Å²) in [7, 11) is 0. The van der Waals surface area contributed by atoms with Crippen LogP contribution in [0, 0.1) is 0 Å². The van der Waals surface area contributed by atoms with E-state index in [2.05, 4.69) is 4.99 Å². The molecule has 2 aromatic rings. The molecule has 0 aliphatic carbocycles. The molecule has 21 heavy (non-hydrogen) atoms. The van der Waals surface area contributed by atoms with E-state index >= 15 is 0 Å². The SMILES string of the molecule is O=C1OC(/C=C/c2ccccc2)=NC1=Cc1ccccc1. The third-order valence-electron chi connectivity index (χ3n) is 2.96. The summed E-state index contributed by atoms with van der Waals surface area (Å²) in [6.45, 7) is 0. The zero-order valence-electron chi connectivity index (χ0n) is 11.3. The minimum Gasteiger partial charge on any atom is -0.403 e. The zero-order valence-corrected chi connectivity index (χ0v) is 11.3. The lowest BCUT2D eigenvalue weighted by molar-refractivity contribution is -0.129. The van der Waals surface area contributed by atoms with Crippen molar-refractivity contribution in [3.8, 4) is 0 Å². The van der Waals surface area contributed by atoms with Crippen LogP contribution in [0.1, 0.15) is 11.1 Å². The summed E-state index contributed by atoms with van der Waals surface area (Å²) in [5.74, 6) is -0.113. The Balaban J connectivity index is 1.80. The molecule has 0 bridgehead atoms. The summed E-state index contributed by atoms with van der Waals surface area (Å²) >= 11 is 0. The van der Waals surface area contributed by atoms with E-state index in [-0.39, 0.29) is 0 Å². The van der Waals surface area contributed by atoms with Gasteiger partial charge in [0.2, 0.25) is 5.90 Å². The molecule has 102 valence electrons. The maximum absolute atomic E-state index is 11.8. The van der Waals surface area contributed by atoms with Crippen molar-refractivity contribution in [2.24, 2.45) is 4.99 Å². The number of hydrogen-bond acceptors (Lipinski definition) is 3. The molecule has 1 aliphatic rings. The molecule has 1 heterocycles. The standard InChI is InChI=1S/C18H13NO2/c20-18-16(13-15-9-5-2-6-10-15)19-17(21-18)12-11-14-7-3-1-4-8-14/h1-13H/b12-11+,16-13?. The first kappa shape index (κ1) is 13.1. The number of carbonyl (C=O) groups excluding carboxylic acids is 1. The van der Waals surface area contributed by atoms with Crippen molar-refractivity contribution in [1.29, 1.82) is 0 Å². The molecule has 3 rings (SSSR count). The zero-order chi connectivity index (χ0) is 14.5. The van der Waals surface area contributed by atoms with Gasteiger partial charge in [-0.3, -0.25) is 0 Å². The van der Waals surface area contributed by atoms with E-state index in [4.69, 9.17) is 4.74 Å². The van der Waals surface area contributed by atoms with Crippen LogP contribution in [0.4, 0.5) is 0 Å². The summed E-state index contributed by atoms with van der Waals surface area (Å²) < 4.78 is 5.12. The van der Waals surface area contributed by atoms with Gasteiger partial charge in [-0.1, -0.05) is 60.7 Å². The molecule has 0 aromatic heterocycles. The fourth-order valence-corrected chi connectivity index (χ4v) is 1.94. The molecule has 0 spiro atoms. The number of rotatable bonds is 3. The van der Waals surface area contributed by atoms with Gasteiger partial charge in [-0.2, -0.15) is 0 Å². The number of aliphatic imine (C=N–C) groups is 1. The first-order chi connectivity index (χ1) is 10.3. The maximum atomic E-state index is 11.8. The number of esters is 1. The average Bonchev–Trinajstić information content (AvgIpc) is 2.87. The first-order valence-electron chi connectivity index (χ1n) is 6.62. The second-order valence-corrected chi connectivity index (χ2v) is 4.52. The van der Waals surface area contributed by atoms with Crippen molar-refractivity contribution in [2.45, 2.75) is 0 Å². The van der Waals surface area contributed by atoms with Gasteiger partial charge in [0.15, 0.2) is 5.70 Å². The molecule has 3 nitrogen and oxygen atoms in total. The lowest BCUT2D eigenvalue weighted by Gasteiger charge is -1.93. The van der Waals surface area contributed by atoms with Crippen LogP contribution in [0.3, 0.4) is 0 Å². The number of ether oxygens (including phenoxy) is 1. The molecular formula is C18H13NO2. The van der Waals surface area contributed by atoms with Crippen molar-refractivity contribution in [1.82, 2.24) is 0 Å². The number of benzene rings is 2. The van der Waals surface area contributed by atoms with Gasteiger partial charge in [0, 0.05) is 6.08 Å². The maximum Gasteiger partial charge on any atom is 0.363 e. The predicted molar refractivity (Wildman–Crippen MR) is 83.4 cm³/mol. The lowest BCUT2D eigenvalue weighted by atomic mass is 10.2. The van der Waals surface area contributed by atoms with Crippen molar-refractivity contribution in [2.75, 3.05) is 0 Å². The van der Waals surface area contributed by atoms with E-state index in [1.165, 1.54) is 0 Å². The molecule has 0 amide bonds. The topological polar surface area (TPSA) is 38.7 Å². The molecular weight excluding hydrogens is 262 g/mol. The predicted octanol–water partition coefficient (Wildman–Crippen LogP) is 3.70. The number of cyclic esters (lactones) is 1. The monoisotopic (exact) mass is 275 g/mol. The van der Waals surface area contributed by atoms with Crippen LogP contribution in [0.15, 0.2) is 77.4 Å². The molecule has 2 aromatic carbocycles. The Bertz CT molecular complexity index is 728. The van der Waals surface area contributed by atoms with Gasteiger partial charge < -0.3 is 4.74 Å². The molecule has 0 N–H and O–H groups in total. The first-order valence-corrected chi connectivity index (χ1v) is 6.62. The quantitative estimate of drug-likeness (QED) is 0.633. The van der Waals surface area contributed by atoms with E-state index in [1.54, 1.807) is 12.2 Å². The molecule has 0 atom stereocenters. The highest BCUT2D eigenvalue weighted by molar-refractivity contribution is 6.11. The van der Waals surface area contributed by atoms with Crippen LogP contribution in [0.25, 0.3) is 12.2 Å². The summed E-state index contributed by atoms with van der Waals surface area (Å²) in [6, 6.07) is 19.3. The molecule has 0 unspecified atom stereocenters. The second-order valence-electron chi connectivity index (χ2n) is 4.52. The van der Waals surface area contributed by atoms with Crippen molar-refractivity contribution < 1.29 is 9.53 Å². The van der Waals surface area contributed by atoms with Gasteiger partial charge in [-0.15, -0.1) is 0 Å². The summed E-state index contributed by atoms with van der Waals surface area (Å²) in [6.07, 6.45) is 5.27. The number of carbonyl (C=O) groups is 1. The van der Waals surface area contributed by atoms with Crippen LogP contribution < -0.4 is 0 Å². The molecule has 0 saturated carbocycles. The van der Waals surface area contributed by atoms with Crippen LogP contribution in [0.5, 0.6) is 0 Å². The highest BCUT2D eigenvalue weighted by atomic mass is 16.6. The second kappa shape index (κ2) is 6.01. The molecule has 0 radical (unpaired) electrons. The fourth-order valence-electron chi connectivity index (χ4n) is 1.94. The van der Waals surface area contributed by atoms with E-state index in [9.17, 15) is 4.79 Å². The van der Waals surface area contributed by atoms with E-state index in [0.717, 1.165) is 11.1 Å². The Morgan fingerprint density at radius 2 is 1.43 bits per heavy atom. The Morgan fingerprint density at radius 1 is 0.810 bits per heavy atom. The largest absolute Gasteiger partial charge is 0.403 e. The minimum absolute atomic E-state index is 0.311. The highest BCUT2D eigenvalue weighted by Crippen LogP contribution is 2.16. The van der Waals surface area contributed by atoms with Crippen LogP contribution in [-0.2, 0) is 9.53 Å². The van der Waals surface area contributed by atoms with Gasteiger partial charge in [0.1, 0.15) is 0 Å². The Hall–Kier alpha value is -2.94. The van der Waals surface area contributed by atoms with E-state index < -0.39 is 5.97 Å². The molecule has 0 fully saturated rings. The van der Waals surface area contributed by atoms with Gasteiger partial charge in [-0.05, 0) is 23.3 Å². The number of nitrogens with zero attached hydrogens (tertiary/aromatic N) is 1. The summed E-state index contributed by atoms with van der Waals surface area (Å²) in [4.78, 5) is 16.0. The van der Waals surface area contributed by atoms with Gasteiger partial charge in [0.25, 0.3) is 0 Å². The fraction of sp³-hybridized carbons (Fsp3) is 0. The van der Waals surface area contributed by atoms with Crippen LogP contribution >= 0.6 is 0 Å². The van der Waals surface area contributed by atoms with E-state index in [1.807, 2.05) is 66.7 Å². The number of hydrogen-bond donors (Lipinski definition) is 0. The Kier molecular flexibility index (Phi) is 3.74. The molecule has 1 aliphatic heterocycles. The Morgan fingerprint density at radius 3 is 2.10 bits per heavy atom. The third kappa shape index (κ3) is 3.34. The summed E-state index contributed by atoms with van der Waals surface area (Å²) in [5, 5.41) is 0.